The van der Waals surface area contributed by atoms with E-state index in [-0.39, 0.29) is 18.4 Å². The Morgan fingerprint density at radius 3 is 2.65 bits per heavy atom. The summed E-state index contributed by atoms with van der Waals surface area (Å²) in [5.74, 6) is 0.488. The lowest BCUT2D eigenvalue weighted by Gasteiger charge is -2.11. The van der Waals surface area contributed by atoms with E-state index < -0.39 is 0 Å². The number of hydrogen-bond donors (Lipinski definition) is 2. The number of carbonyl (C=O) groups is 2. The molecule has 1 aromatic heterocycles. The van der Waals surface area contributed by atoms with E-state index in [2.05, 4.69) is 10.6 Å². The van der Waals surface area contributed by atoms with E-state index in [1.165, 1.54) is 0 Å². The third-order valence-electron chi connectivity index (χ3n) is 5.37. The molecule has 0 aliphatic rings. The maximum atomic E-state index is 12.8. The average Bonchev–Trinajstić information content (AvgIpc) is 3.19. The van der Waals surface area contributed by atoms with Crippen LogP contribution in [0.4, 0.5) is 5.69 Å². The SMILES string of the molecule is CSc1cccc(NC(=O)Cn2c(CCCNC(=O)c3ccccc3Cl)nc3ccccc32)c1. The lowest BCUT2D eigenvalue weighted by Crippen LogP contribution is -2.25. The Morgan fingerprint density at radius 1 is 1.03 bits per heavy atom. The Morgan fingerprint density at radius 2 is 1.82 bits per heavy atom. The van der Waals surface area contributed by atoms with E-state index in [1.54, 1.807) is 36.0 Å². The number of benzene rings is 3. The number of nitrogens with zero attached hydrogens (tertiary/aromatic N) is 2. The molecular formula is C26H25ClN4O2S. The van der Waals surface area contributed by atoms with Crippen molar-refractivity contribution < 1.29 is 9.59 Å². The Balaban J connectivity index is 1.42. The summed E-state index contributed by atoms with van der Waals surface area (Å²) in [6, 6.07) is 22.5. The van der Waals surface area contributed by atoms with Gasteiger partial charge in [0.05, 0.1) is 21.6 Å². The number of nitrogens with one attached hydrogen (secondary N) is 2. The lowest BCUT2D eigenvalue weighted by atomic mass is 10.2. The first-order valence-electron chi connectivity index (χ1n) is 11.0. The van der Waals surface area contributed by atoms with Crippen LogP contribution in [0.5, 0.6) is 0 Å². The van der Waals surface area contributed by atoms with Crippen LogP contribution in [-0.2, 0) is 17.8 Å². The summed E-state index contributed by atoms with van der Waals surface area (Å²) >= 11 is 7.73. The minimum Gasteiger partial charge on any atom is -0.352 e. The number of anilines is 1. The molecule has 174 valence electrons. The van der Waals surface area contributed by atoms with Crippen molar-refractivity contribution in [3.05, 3.63) is 89.2 Å². The number of halogens is 1. The first kappa shape index (κ1) is 23.9. The molecule has 0 fully saturated rings. The number of para-hydroxylation sites is 2. The summed E-state index contributed by atoms with van der Waals surface area (Å²) < 4.78 is 1.94. The van der Waals surface area contributed by atoms with Crippen molar-refractivity contribution in [2.24, 2.45) is 0 Å². The Kier molecular flexibility index (Phi) is 7.87. The topological polar surface area (TPSA) is 76.0 Å². The van der Waals surface area contributed by atoms with E-state index in [0.29, 0.717) is 30.0 Å². The number of aromatic nitrogens is 2. The maximum absolute atomic E-state index is 12.8. The number of carbonyl (C=O) groups excluding carboxylic acids is 2. The molecule has 0 unspecified atom stereocenters. The molecule has 4 rings (SSSR count). The molecule has 0 radical (unpaired) electrons. The fourth-order valence-corrected chi connectivity index (χ4v) is 4.41. The molecule has 0 aliphatic carbocycles. The van der Waals surface area contributed by atoms with Crippen molar-refractivity contribution in [1.82, 2.24) is 14.9 Å². The molecule has 34 heavy (non-hydrogen) atoms. The largest absolute Gasteiger partial charge is 0.352 e. The first-order valence-corrected chi connectivity index (χ1v) is 12.6. The zero-order valence-electron chi connectivity index (χ0n) is 18.8. The Hall–Kier alpha value is -3.29. The van der Waals surface area contributed by atoms with Gasteiger partial charge >= 0.3 is 0 Å². The highest BCUT2D eigenvalue weighted by Gasteiger charge is 2.14. The van der Waals surface area contributed by atoms with Gasteiger partial charge < -0.3 is 15.2 Å². The molecule has 0 aliphatic heterocycles. The van der Waals surface area contributed by atoms with Crippen LogP contribution in [0.2, 0.25) is 5.02 Å². The highest BCUT2D eigenvalue weighted by atomic mass is 35.5. The Labute approximate surface area is 207 Å². The van der Waals surface area contributed by atoms with E-state index in [0.717, 1.165) is 27.4 Å². The fourth-order valence-electron chi connectivity index (χ4n) is 3.73. The zero-order chi connectivity index (χ0) is 23.9. The molecule has 4 aromatic rings. The van der Waals surface area contributed by atoms with Gasteiger partial charge in [0.15, 0.2) is 0 Å². The van der Waals surface area contributed by atoms with E-state index >= 15 is 0 Å². The second-order valence-corrected chi connectivity index (χ2v) is 9.01. The van der Waals surface area contributed by atoms with E-state index in [4.69, 9.17) is 16.6 Å². The Bertz CT molecular complexity index is 1320. The van der Waals surface area contributed by atoms with Crippen LogP contribution >= 0.6 is 23.4 Å². The van der Waals surface area contributed by atoms with Crippen LogP contribution in [0.1, 0.15) is 22.6 Å². The van der Waals surface area contributed by atoms with Gasteiger partial charge in [-0.15, -0.1) is 11.8 Å². The molecule has 0 saturated heterocycles. The summed E-state index contributed by atoms with van der Waals surface area (Å²) in [5, 5.41) is 6.31. The van der Waals surface area contributed by atoms with E-state index in [9.17, 15) is 9.59 Å². The highest BCUT2D eigenvalue weighted by molar-refractivity contribution is 7.98. The van der Waals surface area contributed by atoms with Gasteiger partial charge in [0.1, 0.15) is 12.4 Å². The van der Waals surface area contributed by atoms with Gasteiger partial charge in [0.2, 0.25) is 5.91 Å². The van der Waals surface area contributed by atoms with Crippen LogP contribution in [0.25, 0.3) is 11.0 Å². The molecule has 0 spiro atoms. The molecule has 0 atom stereocenters. The third-order valence-corrected chi connectivity index (χ3v) is 6.42. The molecule has 0 bridgehead atoms. The molecule has 8 heteroatoms. The van der Waals surface area contributed by atoms with Crippen molar-refractivity contribution >= 4 is 51.9 Å². The van der Waals surface area contributed by atoms with Crippen molar-refractivity contribution in [3.8, 4) is 0 Å². The number of imidazole rings is 1. The average molecular weight is 493 g/mol. The second-order valence-electron chi connectivity index (χ2n) is 7.72. The van der Waals surface area contributed by atoms with E-state index in [1.807, 2.05) is 59.4 Å². The first-order chi connectivity index (χ1) is 16.5. The van der Waals surface area contributed by atoms with Gasteiger partial charge in [-0.3, -0.25) is 9.59 Å². The van der Waals surface area contributed by atoms with Crippen LogP contribution in [-0.4, -0.2) is 34.2 Å². The number of thioether (sulfide) groups is 1. The molecule has 3 aromatic carbocycles. The lowest BCUT2D eigenvalue weighted by molar-refractivity contribution is -0.116. The summed E-state index contributed by atoms with van der Waals surface area (Å²) in [5.41, 5.74) is 2.98. The maximum Gasteiger partial charge on any atom is 0.252 e. The van der Waals surface area contributed by atoms with Crippen molar-refractivity contribution in [2.45, 2.75) is 24.3 Å². The number of aryl methyl sites for hydroxylation is 1. The molecule has 6 nitrogen and oxygen atoms in total. The molecule has 0 saturated carbocycles. The number of hydrogen-bond acceptors (Lipinski definition) is 4. The molecule has 2 amide bonds. The van der Waals surface area contributed by atoms with Gasteiger partial charge in [-0.2, -0.15) is 0 Å². The van der Waals surface area contributed by atoms with Crippen molar-refractivity contribution in [2.75, 3.05) is 18.1 Å². The summed E-state index contributed by atoms with van der Waals surface area (Å²) in [4.78, 5) is 31.0. The predicted octanol–water partition coefficient (Wildman–Crippen LogP) is 5.41. The van der Waals surface area contributed by atoms with Gasteiger partial charge in [-0.25, -0.2) is 4.98 Å². The number of amides is 2. The van der Waals surface area contributed by atoms with Crippen molar-refractivity contribution in [3.63, 3.8) is 0 Å². The molecule has 1 heterocycles. The highest BCUT2D eigenvalue weighted by Crippen LogP contribution is 2.20. The standard InChI is InChI=1S/C26H25ClN4O2S/c1-34-19-9-6-8-18(16-19)29-25(32)17-31-23-13-5-4-12-22(23)30-24(31)14-7-15-28-26(33)20-10-2-3-11-21(20)27/h2-6,8-13,16H,7,14-15,17H2,1H3,(H,28,33)(H,29,32). The van der Waals surface area contributed by atoms with Crippen molar-refractivity contribution in [1.29, 1.82) is 0 Å². The number of rotatable bonds is 9. The van der Waals surface area contributed by atoms with Crippen LogP contribution in [0.3, 0.4) is 0 Å². The summed E-state index contributed by atoms with van der Waals surface area (Å²) in [6.07, 6.45) is 3.30. The third kappa shape index (κ3) is 5.79. The minimum atomic E-state index is -0.203. The van der Waals surface area contributed by atoms with Gasteiger partial charge in [0, 0.05) is 23.5 Å². The summed E-state index contributed by atoms with van der Waals surface area (Å²) in [6.45, 7) is 0.631. The minimum absolute atomic E-state index is 0.116. The van der Waals surface area contributed by atoms with Gasteiger partial charge in [-0.1, -0.05) is 41.9 Å². The summed E-state index contributed by atoms with van der Waals surface area (Å²) in [7, 11) is 0. The fraction of sp³-hybridized carbons (Fsp3) is 0.192. The van der Waals surface area contributed by atoms with Gasteiger partial charge in [-0.05, 0) is 55.1 Å². The van der Waals surface area contributed by atoms with Gasteiger partial charge in [0.25, 0.3) is 5.91 Å². The normalized spacial score (nSPS) is 10.9. The second kappa shape index (κ2) is 11.2. The molecule has 2 N–H and O–H groups in total. The monoisotopic (exact) mass is 492 g/mol. The predicted molar refractivity (Wildman–Crippen MR) is 139 cm³/mol. The van der Waals surface area contributed by atoms with Crippen LogP contribution in [0.15, 0.2) is 77.7 Å². The van der Waals surface area contributed by atoms with Crippen LogP contribution < -0.4 is 10.6 Å². The van der Waals surface area contributed by atoms with Crippen LogP contribution in [0, 0.1) is 0 Å². The smallest absolute Gasteiger partial charge is 0.252 e. The molecular weight excluding hydrogens is 468 g/mol. The zero-order valence-corrected chi connectivity index (χ0v) is 20.3. The number of fused-ring (bicyclic) bond motifs is 1. The quantitative estimate of drug-likeness (QED) is 0.242.